The number of allylic oxidation sites excluding steroid dienone is 2. The van der Waals surface area contributed by atoms with Gasteiger partial charge in [0.05, 0.1) is 13.7 Å². The van der Waals surface area contributed by atoms with Gasteiger partial charge in [0.2, 0.25) is 0 Å². The third kappa shape index (κ3) is 2.37. The van der Waals surface area contributed by atoms with Crippen LogP contribution in [0.1, 0.15) is 5.69 Å². The van der Waals surface area contributed by atoms with Crippen molar-refractivity contribution in [1.29, 1.82) is 0 Å². The summed E-state index contributed by atoms with van der Waals surface area (Å²) in [6.07, 6.45) is 10.1. The zero-order valence-electron chi connectivity index (χ0n) is 8.76. The van der Waals surface area contributed by atoms with Crippen LogP contribution in [0.5, 0.6) is 5.75 Å². The molecule has 78 valence electrons. The van der Waals surface area contributed by atoms with Crippen LogP contribution in [0.25, 0.3) is 0 Å². The van der Waals surface area contributed by atoms with Crippen LogP contribution in [0, 0.1) is 0 Å². The Kier molecular flexibility index (Phi) is 3.02. The van der Waals surface area contributed by atoms with Crippen molar-refractivity contribution in [2.45, 2.75) is 6.54 Å². The normalized spacial score (nSPS) is 14.3. The smallest absolute Gasteiger partial charge is 0.142 e. The molecular weight excluding hydrogens is 188 g/mol. The number of pyridine rings is 1. The second kappa shape index (κ2) is 4.64. The standard InChI is InChI=1S/C12H14N2O/c1-15-12-6-5-7-13-11(12)10-14-8-3-2-4-9-14/h2-8H,9-10H2,1H3. The molecule has 0 fully saturated rings. The number of aromatic nitrogens is 1. The monoisotopic (exact) mass is 202 g/mol. The number of hydrogen-bond donors (Lipinski definition) is 0. The van der Waals surface area contributed by atoms with Crippen molar-refractivity contribution in [2.75, 3.05) is 13.7 Å². The second-order valence-electron chi connectivity index (χ2n) is 3.35. The van der Waals surface area contributed by atoms with E-state index in [1.807, 2.05) is 24.3 Å². The fourth-order valence-electron chi connectivity index (χ4n) is 1.54. The Morgan fingerprint density at radius 3 is 3.13 bits per heavy atom. The van der Waals surface area contributed by atoms with E-state index in [1.165, 1.54) is 0 Å². The summed E-state index contributed by atoms with van der Waals surface area (Å²) >= 11 is 0. The molecule has 1 aliphatic heterocycles. The molecule has 3 heteroatoms. The van der Waals surface area contributed by atoms with Crippen molar-refractivity contribution in [3.63, 3.8) is 0 Å². The number of hydrogen-bond acceptors (Lipinski definition) is 3. The lowest BCUT2D eigenvalue weighted by Gasteiger charge is -2.20. The van der Waals surface area contributed by atoms with Crippen LogP contribution in [-0.2, 0) is 6.54 Å². The van der Waals surface area contributed by atoms with E-state index in [0.29, 0.717) is 0 Å². The summed E-state index contributed by atoms with van der Waals surface area (Å²) in [5.74, 6) is 0.848. The zero-order chi connectivity index (χ0) is 10.5. The van der Waals surface area contributed by atoms with E-state index in [9.17, 15) is 0 Å². The van der Waals surface area contributed by atoms with Crippen LogP contribution < -0.4 is 4.74 Å². The van der Waals surface area contributed by atoms with Crippen molar-refractivity contribution in [2.24, 2.45) is 0 Å². The lowest BCUT2D eigenvalue weighted by molar-refractivity contribution is 0.367. The largest absolute Gasteiger partial charge is 0.495 e. The first-order valence-corrected chi connectivity index (χ1v) is 4.95. The van der Waals surface area contributed by atoms with Crippen LogP contribution in [0.4, 0.5) is 0 Å². The minimum Gasteiger partial charge on any atom is -0.495 e. The minimum atomic E-state index is 0.783. The summed E-state index contributed by atoms with van der Waals surface area (Å²) in [6, 6.07) is 3.82. The van der Waals surface area contributed by atoms with Crippen molar-refractivity contribution in [1.82, 2.24) is 9.88 Å². The Labute approximate surface area is 89.7 Å². The molecule has 1 aromatic heterocycles. The molecule has 0 unspecified atom stereocenters. The van der Waals surface area contributed by atoms with E-state index in [-0.39, 0.29) is 0 Å². The average Bonchev–Trinajstić information content (AvgIpc) is 2.31. The van der Waals surface area contributed by atoms with Crippen LogP contribution >= 0.6 is 0 Å². The maximum Gasteiger partial charge on any atom is 0.142 e. The first-order valence-electron chi connectivity index (χ1n) is 4.95. The van der Waals surface area contributed by atoms with Crippen molar-refractivity contribution in [3.8, 4) is 5.75 Å². The number of methoxy groups -OCH3 is 1. The number of nitrogens with zero attached hydrogens (tertiary/aromatic N) is 2. The fraction of sp³-hybridized carbons (Fsp3) is 0.250. The average molecular weight is 202 g/mol. The molecular formula is C12H14N2O. The topological polar surface area (TPSA) is 25.4 Å². The predicted octanol–water partition coefficient (Wildman–Crippen LogP) is 1.98. The van der Waals surface area contributed by atoms with Gasteiger partial charge in [-0.2, -0.15) is 0 Å². The summed E-state index contributed by atoms with van der Waals surface area (Å²) in [4.78, 5) is 6.50. The molecule has 0 N–H and O–H groups in total. The first-order chi connectivity index (χ1) is 7.40. The maximum atomic E-state index is 5.26. The molecule has 1 aliphatic rings. The quantitative estimate of drug-likeness (QED) is 0.749. The molecule has 0 aromatic carbocycles. The third-order valence-corrected chi connectivity index (χ3v) is 2.31. The van der Waals surface area contributed by atoms with Crippen molar-refractivity contribution in [3.05, 3.63) is 48.5 Å². The van der Waals surface area contributed by atoms with Gasteiger partial charge in [-0.15, -0.1) is 0 Å². The molecule has 3 nitrogen and oxygen atoms in total. The Hall–Kier alpha value is -1.77. The van der Waals surface area contributed by atoms with E-state index < -0.39 is 0 Å². The summed E-state index contributed by atoms with van der Waals surface area (Å²) in [6.45, 7) is 1.71. The van der Waals surface area contributed by atoms with Gasteiger partial charge in [0.1, 0.15) is 11.4 Å². The minimum absolute atomic E-state index is 0.783. The van der Waals surface area contributed by atoms with Crippen LogP contribution in [0.15, 0.2) is 42.8 Å². The molecule has 1 aromatic rings. The van der Waals surface area contributed by atoms with Gasteiger partial charge in [-0.1, -0.05) is 12.2 Å². The van der Waals surface area contributed by atoms with Gasteiger partial charge < -0.3 is 9.64 Å². The first kappa shape index (κ1) is 9.77. The van der Waals surface area contributed by atoms with Gasteiger partial charge in [-0.3, -0.25) is 4.98 Å². The molecule has 0 aliphatic carbocycles. The third-order valence-electron chi connectivity index (χ3n) is 2.31. The van der Waals surface area contributed by atoms with Gasteiger partial charge in [0, 0.05) is 12.7 Å². The van der Waals surface area contributed by atoms with Gasteiger partial charge >= 0.3 is 0 Å². The zero-order valence-corrected chi connectivity index (χ0v) is 8.76. The fourth-order valence-corrected chi connectivity index (χ4v) is 1.54. The van der Waals surface area contributed by atoms with Crippen LogP contribution in [-0.4, -0.2) is 23.5 Å². The van der Waals surface area contributed by atoms with Gasteiger partial charge in [0.25, 0.3) is 0 Å². The molecule has 0 saturated carbocycles. The molecule has 0 amide bonds. The summed E-state index contributed by atoms with van der Waals surface area (Å²) in [5.41, 5.74) is 0.972. The van der Waals surface area contributed by atoms with Crippen LogP contribution in [0.3, 0.4) is 0 Å². The SMILES string of the molecule is COc1cccnc1CN1C=CC=CC1. The number of rotatable bonds is 3. The summed E-state index contributed by atoms with van der Waals surface area (Å²) in [5, 5.41) is 0. The van der Waals surface area contributed by atoms with Crippen LogP contribution in [0.2, 0.25) is 0 Å². The van der Waals surface area contributed by atoms with Gasteiger partial charge in [-0.05, 0) is 24.4 Å². The second-order valence-corrected chi connectivity index (χ2v) is 3.35. The molecule has 2 heterocycles. The van der Waals surface area contributed by atoms with Gasteiger partial charge in [0.15, 0.2) is 0 Å². The highest BCUT2D eigenvalue weighted by Gasteiger charge is 2.07. The molecule has 0 atom stereocenters. The molecule has 2 rings (SSSR count). The molecule has 15 heavy (non-hydrogen) atoms. The maximum absolute atomic E-state index is 5.26. The lowest BCUT2D eigenvalue weighted by Crippen LogP contribution is -2.19. The van der Waals surface area contributed by atoms with Gasteiger partial charge in [-0.25, -0.2) is 0 Å². The Bertz CT molecular complexity index is 385. The van der Waals surface area contributed by atoms with E-state index in [0.717, 1.165) is 24.5 Å². The molecule has 0 radical (unpaired) electrons. The van der Waals surface area contributed by atoms with E-state index >= 15 is 0 Å². The highest BCUT2D eigenvalue weighted by molar-refractivity contribution is 5.27. The Morgan fingerprint density at radius 1 is 1.47 bits per heavy atom. The van der Waals surface area contributed by atoms with E-state index in [1.54, 1.807) is 13.3 Å². The molecule has 0 spiro atoms. The highest BCUT2D eigenvalue weighted by Crippen LogP contribution is 2.17. The van der Waals surface area contributed by atoms with Crippen molar-refractivity contribution >= 4 is 0 Å². The Morgan fingerprint density at radius 2 is 2.40 bits per heavy atom. The number of ether oxygens (including phenoxy) is 1. The summed E-state index contributed by atoms with van der Waals surface area (Å²) in [7, 11) is 1.67. The lowest BCUT2D eigenvalue weighted by atomic mass is 10.3. The highest BCUT2D eigenvalue weighted by atomic mass is 16.5. The summed E-state index contributed by atoms with van der Waals surface area (Å²) < 4.78 is 5.26. The molecule has 0 saturated heterocycles. The van der Waals surface area contributed by atoms with E-state index in [2.05, 4.69) is 22.2 Å². The predicted molar refractivity (Wildman–Crippen MR) is 59.5 cm³/mol. The molecule has 0 bridgehead atoms. The van der Waals surface area contributed by atoms with E-state index in [4.69, 9.17) is 4.74 Å². The Balaban J connectivity index is 2.09. The van der Waals surface area contributed by atoms with Crippen molar-refractivity contribution < 1.29 is 4.74 Å².